The molecule has 1 aliphatic heterocycles. The van der Waals surface area contributed by atoms with Crippen molar-refractivity contribution in [2.24, 2.45) is 4.99 Å². The first-order valence-electron chi connectivity index (χ1n) is 10.0. The van der Waals surface area contributed by atoms with Crippen LogP contribution >= 0.6 is 0 Å². The van der Waals surface area contributed by atoms with Gasteiger partial charge in [-0.05, 0) is 48.1 Å². The molecule has 0 aromatic heterocycles. The first-order chi connectivity index (χ1) is 13.7. The minimum Gasteiger partial charge on any atom is -0.381 e. The second-order valence-electron chi connectivity index (χ2n) is 7.30. The first kappa shape index (κ1) is 20.3. The van der Waals surface area contributed by atoms with Crippen molar-refractivity contribution >= 4 is 5.96 Å². The second kappa shape index (κ2) is 9.69. The van der Waals surface area contributed by atoms with Gasteiger partial charge in [0.25, 0.3) is 0 Å². The monoisotopic (exact) mass is 383 g/mol. The highest BCUT2D eigenvalue weighted by Gasteiger charge is 2.34. The number of benzene rings is 2. The Labute approximate surface area is 167 Å². The number of rotatable bonds is 6. The highest BCUT2D eigenvalue weighted by Crippen LogP contribution is 2.34. The van der Waals surface area contributed by atoms with Gasteiger partial charge >= 0.3 is 0 Å². The Kier molecular flexibility index (Phi) is 7.04. The third-order valence-electron chi connectivity index (χ3n) is 5.67. The number of nitrogens with zero attached hydrogens (tertiary/aromatic N) is 1. The van der Waals surface area contributed by atoms with Gasteiger partial charge in [-0.2, -0.15) is 0 Å². The molecule has 1 saturated heterocycles. The highest BCUT2D eigenvalue weighted by molar-refractivity contribution is 5.79. The maximum atomic E-state index is 13.4. The van der Waals surface area contributed by atoms with Crippen LogP contribution in [0.4, 0.5) is 4.39 Å². The summed E-state index contributed by atoms with van der Waals surface area (Å²) in [5.74, 6) is 0.574. The lowest BCUT2D eigenvalue weighted by atomic mass is 9.74. The summed E-state index contributed by atoms with van der Waals surface area (Å²) in [4.78, 5) is 4.39. The Morgan fingerprint density at radius 1 is 1.04 bits per heavy atom. The molecule has 0 radical (unpaired) electrons. The van der Waals surface area contributed by atoms with Crippen molar-refractivity contribution in [3.63, 3.8) is 0 Å². The average molecular weight is 384 g/mol. The number of halogens is 1. The van der Waals surface area contributed by atoms with Crippen LogP contribution in [0.15, 0.2) is 53.5 Å². The minimum absolute atomic E-state index is 0.0785. The van der Waals surface area contributed by atoms with Crippen molar-refractivity contribution < 1.29 is 9.13 Å². The van der Waals surface area contributed by atoms with Gasteiger partial charge in [-0.3, -0.25) is 4.99 Å². The quantitative estimate of drug-likeness (QED) is 0.589. The van der Waals surface area contributed by atoms with Crippen LogP contribution < -0.4 is 10.6 Å². The molecular formula is C23H30FN3O. The number of aryl methyl sites for hydroxylation is 1. The summed E-state index contributed by atoms with van der Waals surface area (Å²) < 4.78 is 19.0. The molecule has 2 N–H and O–H groups in total. The molecule has 1 aliphatic rings. The van der Waals surface area contributed by atoms with E-state index in [1.165, 1.54) is 11.1 Å². The van der Waals surface area contributed by atoms with Gasteiger partial charge in [-0.1, -0.05) is 43.3 Å². The van der Waals surface area contributed by atoms with E-state index in [2.05, 4.69) is 46.8 Å². The zero-order chi connectivity index (χ0) is 19.8. The van der Waals surface area contributed by atoms with E-state index in [-0.39, 0.29) is 11.2 Å². The fraction of sp³-hybridized carbons (Fsp3) is 0.435. The molecular weight excluding hydrogens is 353 g/mol. The molecule has 5 heteroatoms. The summed E-state index contributed by atoms with van der Waals surface area (Å²) >= 11 is 0. The van der Waals surface area contributed by atoms with Crippen LogP contribution in [0.1, 0.15) is 36.5 Å². The molecule has 3 rings (SSSR count). The number of ether oxygens (including phenoxy) is 1. The largest absolute Gasteiger partial charge is 0.381 e. The smallest absolute Gasteiger partial charge is 0.191 e. The number of hydrogen-bond acceptors (Lipinski definition) is 2. The molecule has 28 heavy (non-hydrogen) atoms. The summed E-state index contributed by atoms with van der Waals surface area (Å²) in [6, 6.07) is 15.3. The molecule has 0 aliphatic carbocycles. The van der Waals surface area contributed by atoms with Crippen molar-refractivity contribution in [2.45, 2.75) is 38.1 Å². The van der Waals surface area contributed by atoms with Crippen molar-refractivity contribution in [2.75, 3.05) is 26.8 Å². The van der Waals surface area contributed by atoms with Gasteiger partial charge in [0.05, 0.1) is 0 Å². The summed E-state index contributed by atoms with van der Waals surface area (Å²) in [5, 5.41) is 6.92. The van der Waals surface area contributed by atoms with Gasteiger partial charge in [0.2, 0.25) is 0 Å². The van der Waals surface area contributed by atoms with Gasteiger partial charge in [0.1, 0.15) is 5.82 Å². The van der Waals surface area contributed by atoms with Crippen LogP contribution in [0, 0.1) is 5.82 Å². The SMILES string of the molecule is CCc1ccccc1CNC(=NC)NCC1(c2ccc(F)cc2)CCOCC1. The molecule has 0 saturated carbocycles. The Hall–Kier alpha value is -2.40. The number of aliphatic imine (C=N–C) groups is 1. The van der Waals surface area contributed by atoms with E-state index >= 15 is 0 Å². The first-order valence-corrected chi connectivity index (χ1v) is 10.0. The van der Waals surface area contributed by atoms with Gasteiger partial charge in [-0.25, -0.2) is 4.39 Å². The lowest BCUT2D eigenvalue weighted by Gasteiger charge is -2.38. The molecule has 4 nitrogen and oxygen atoms in total. The third-order valence-corrected chi connectivity index (χ3v) is 5.67. The Morgan fingerprint density at radius 2 is 1.71 bits per heavy atom. The van der Waals surface area contributed by atoms with Crippen molar-refractivity contribution in [3.05, 3.63) is 71.0 Å². The normalized spacial score (nSPS) is 16.6. The summed E-state index contributed by atoms with van der Waals surface area (Å²) in [6.45, 7) is 5.07. The predicted octanol–water partition coefficient (Wildman–Crippen LogP) is 3.80. The number of hydrogen-bond donors (Lipinski definition) is 2. The molecule has 2 aromatic rings. The van der Waals surface area contributed by atoms with Crippen LogP contribution in [0.5, 0.6) is 0 Å². The summed E-state index contributed by atoms with van der Waals surface area (Å²) in [6.07, 6.45) is 2.82. The molecule has 150 valence electrons. The van der Waals surface area contributed by atoms with Gasteiger partial charge in [0, 0.05) is 38.8 Å². The Bertz CT molecular complexity index is 783. The zero-order valence-corrected chi connectivity index (χ0v) is 16.8. The van der Waals surface area contributed by atoms with Crippen LogP contribution in [-0.4, -0.2) is 32.8 Å². The Morgan fingerprint density at radius 3 is 2.36 bits per heavy atom. The fourth-order valence-corrected chi connectivity index (χ4v) is 3.86. The van der Waals surface area contributed by atoms with Crippen LogP contribution in [-0.2, 0) is 23.1 Å². The zero-order valence-electron chi connectivity index (χ0n) is 16.8. The van der Waals surface area contributed by atoms with Gasteiger partial charge < -0.3 is 15.4 Å². The summed E-state index contributed by atoms with van der Waals surface area (Å²) in [5.41, 5.74) is 3.70. The van der Waals surface area contributed by atoms with Gasteiger partial charge in [-0.15, -0.1) is 0 Å². The summed E-state index contributed by atoms with van der Waals surface area (Å²) in [7, 11) is 1.79. The molecule has 0 unspecified atom stereocenters. The fourth-order valence-electron chi connectivity index (χ4n) is 3.86. The molecule has 0 spiro atoms. The van der Waals surface area contributed by atoms with Crippen molar-refractivity contribution in [1.29, 1.82) is 0 Å². The topological polar surface area (TPSA) is 45.7 Å². The standard InChI is InChI=1S/C23H30FN3O/c1-3-18-6-4-5-7-19(18)16-26-22(25-2)27-17-23(12-14-28-15-13-23)20-8-10-21(24)11-9-20/h4-11H,3,12-17H2,1-2H3,(H2,25,26,27). The lowest BCUT2D eigenvalue weighted by Crippen LogP contribution is -2.48. The van der Waals surface area contributed by atoms with Crippen LogP contribution in [0.2, 0.25) is 0 Å². The van der Waals surface area contributed by atoms with E-state index in [0.717, 1.165) is 57.1 Å². The molecule has 1 heterocycles. The maximum absolute atomic E-state index is 13.4. The van der Waals surface area contributed by atoms with E-state index in [4.69, 9.17) is 4.74 Å². The molecule has 1 fully saturated rings. The van der Waals surface area contributed by atoms with Crippen LogP contribution in [0.25, 0.3) is 0 Å². The van der Waals surface area contributed by atoms with E-state index < -0.39 is 0 Å². The molecule has 2 aromatic carbocycles. The Balaban J connectivity index is 1.67. The van der Waals surface area contributed by atoms with E-state index in [1.54, 1.807) is 19.2 Å². The number of nitrogens with one attached hydrogen (secondary N) is 2. The van der Waals surface area contributed by atoms with E-state index in [0.29, 0.717) is 0 Å². The highest BCUT2D eigenvalue weighted by atomic mass is 19.1. The van der Waals surface area contributed by atoms with Crippen molar-refractivity contribution in [3.8, 4) is 0 Å². The average Bonchev–Trinajstić information content (AvgIpc) is 2.75. The third kappa shape index (κ3) is 4.90. The van der Waals surface area contributed by atoms with Gasteiger partial charge in [0.15, 0.2) is 5.96 Å². The lowest BCUT2D eigenvalue weighted by molar-refractivity contribution is 0.0513. The predicted molar refractivity (Wildman–Crippen MR) is 112 cm³/mol. The molecule has 0 bridgehead atoms. The second-order valence-corrected chi connectivity index (χ2v) is 7.30. The van der Waals surface area contributed by atoms with Crippen molar-refractivity contribution in [1.82, 2.24) is 10.6 Å². The van der Waals surface area contributed by atoms with Crippen LogP contribution in [0.3, 0.4) is 0 Å². The number of guanidine groups is 1. The van der Waals surface area contributed by atoms with E-state index in [9.17, 15) is 4.39 Å². The molecule has 0 amide bonds. The van der Waals surface area contributed by atoms with E-state index in [1.807, 2.05) is 12.1 Å². The molecule has 0 atom stereocenters. The minimum atomic E-state index is -0.203. The maximum Gasteiger partial charge on any atom is 0.191 e.